The number of aromatic nitrogens is 1. The number of hydrogen-bond donors (Lipinski definition) is 0. The number of benzene rings is 3. The summed E-state index contributed by atoms with van der Waals surface area (Å²) in [7, 11) is 2.04. The topological polar surface area (TPSA) is 21.4 Å². The van der Waals surface area contributed by atoms with E-state index in [1.807, 2.05) is 44.4 Å². The Hall–Kier alpha value is -3.90. The van der Waals surface area contributed by atoms with E-state index in [9.17, 15) is 0 Å². The fourth-order valence-electron chi connectivity index (χ4n) is 4.31. The zero-order chi connectivity index (χ0) is 20.8. The molecule has 0 radical (unpaired) electrons. The summed E-state index contributed by atoms with van der Waals surface area (Å²) in [6.45, 7) is 11.8. The third-order valence-electron chi connectivity index (χ3n) is 5.79. The predicted octanol–water partition coefficient (Wildman–Crippen LogP) is 6.91. The standard InChI is InChI=1S/C27H21N2O/c1-17-13-14-20-24-21(19-10-6-5-7-11-19)16-18(2)23(22-12-8-9-15-29(22)4)27(24)30-26(20)25(17)28-3/h5-16H,1-2,4H3/q+1. The van der Waals surface area contributed by atoms with Crippen LogP contribution in [0.15, 0.2) is 77.3 Å². The lowest BCUT2D eigenvalue weighted by Gasteiger charge is -2.10. The Morgan fingerprint density at radius 2 is 1.63 bits per heavy atom. The molecule has 0 saturated heterocycles. The molecule has 0 aliphatic carbocycles. The highest BCUT2D eigenvalue weighted by atomic mass is 16.3. The molecule has 0 spiro atoms. The van der Waals surface area contributed by atoms with E-state index in [1.165, 1.54) is 0 Å². The molecule has 5 rings (SSSR count). The smallest absolute Gasteiger partial charge is 0.232 e. The van der Waals surface area contributed by atoms with Gasteiger partial charge in [0.15, 0.2) is 6.20 Å². The molecule has 0 atom stereocenters. The van der Waals surface area contributed by atoms with Gasteiger partial charge < -0.3 is 4.42 Å². The fourth-order valence-corrected chi connectivity index (χ4v) is 4.31. The Morgan fingerprint density at radius 3 is 2.37 bits per heavy atom. The number of nitrogens with zero attached hydrogens (tertiary/aromatic N) is 2. The van der Waals surface area contributed by atoms with Gasteiger partial charge >= 0.3 is 0 Å². The molecule has 3 heteroatoms. The number of rotatable bonds is 2. The Bertz CT molecular complexity index is 1470. The van der Waals surface area contributed by atoms with E-state index in [0.29, 0.717) is 11.3 Å². The van der Waals surface area contributed by atoms with E-state index in [4.69, 9.17) is 11.0 Å². The van der Waals surface area contributed by atoms with Crippen LogP contribution in [0.1, 0.15) is 11.1 Å². The van der Waals surface area contributed by atoms with Crippen LogP contribution in [0, 0.1) is 20.4 Å². The third kappa shape index (κ3) is 2.62. The van der Waals surface area contributed by atoms with Crippen LogP contribution >= 0.6 is 0 Å². The van der Waals surface area contributed by atoms with E-state index in [1.54, 1.807) is 0 Å². The van der Waals surface area contributed by atoms with Crippen molar-refractivity contribution < 1.29 is 8.98 Å². The second-order valence-corrected chi connectivity index (χ2v) is 7.70. The maximum atomic E-state index is 7.71. The molecule has 3 nitrogen and oxygen atoms in total. The molecule has 0 N–H and O–H groups in total. The molecule has 0 aliphatic heterocycles. The largest absolute Gasteiger partial charge is 0.466 e. The molecule has 0 aliphatic rings. The summed E-state index contributed by atoms with van der Waals surface area (Å²) >= 11 is 0. The molecule has 2 aromatic heterocycles. The van der Waals surface area contributed by atoms with Crippen LogP contribution in [-0.4, -0.2) is 0 Å². The van der Waals surface area contributed by atoms with Crippen molar-refractivity contribution in [3.05, 3.63) is 95.5 Å². The average Bonchev–Trinajstić information content (AvgIpc) is 3.14. The van der Waals surface area contributed by atoms with Crippen molar-refractivity contribution >= 4 is 27.6 Å². The van der Waals surface area contributed by atoms with Crippen molar-refractivity contribution in [2.45, 2.75) is 13.8 Å². The van der Waals surface area contributed by atoms with E-state index in [-0.39, 0.29) is 0 Å². The maximum absolute atomic E-state index is 7.71. The minimum atomic E-state index is 0.587. The van der Waals surface area contributed by atoms with E-state index in [2.05, 4.69) is 58.8 Å². The van der Waals surface area contributed by atoms with Crippen molar-refractivity contribution in [1.82, 2.24) is 0 Å². The van der Waals surface area contributed by atoms with Gasteiger partial charge in [-0.15, -0.1) is 0 Å². The summed E-state index contributed by atoms with van der Waals surface area (Å²) in [5.74, 6) is 0. The van der Waals surface area contributed by atoms with Gasteiger partial charge in [0, 0.05) is 22.9 Å². The maximum Gasteiger partial charge on any atom is 0.232 e. The molecular formula is C27H21N2O+. The molecule has 0 unspecified atom stereocenters. The van der Waals surface area contributed by atoms with Gasteiger partial charge in [0.05, 0.1) is 12.1 Å². The second-order valence-electron chi connectivity index (χ2n) is 7.70. The van der Waals surface area contributed by atoms with Crippen molar-refractivity contribution in [3.63, 3.8) is 0 Å². The van der Waals surface area contributed by atoms with Gasteiger partial charge in [-0.25, -0.2) is 9.41 Å². The number of hydrogen-bond acceptors (Lipinski definition) is 1. The van der Waals surface area contributed by atoms with Gasteiger partial charge in [-0.1, -0.05) is 42.5 Å². The van der Waals surface area contributed by atoms with Gasteiger partial charge in [-0.2, -0.15) is 0 Å². The van der Waals surface area contributed by atoms with Crippen molar-refractivity contribution in [2.75, 3.05) is 0 Å². The quantitative estimate of drug-likeness (QED) is 0.237. The molecule has 0 saturated carbocycles. The molecule has 144 valence electrons. The number of pyridine rings is 1. The van der Waals surface area contributed by atoms with Gasteiger partial charge in [-0.05, 0) is 48.2 Å². The summed E-state index contributed by atoms with van der Waals surface area (Å²) in [5.41, 5.74) is 8.58. The first-order valence-electron chi connectivity index (χ1n) is 9.97. The zero-order valence-corrected chi connectivity index (χ0v) is 17.2. The van der Waals surface area contributed by atoms with Gasteiger partial charge in [0.2, 0.25) is 11.4 Å². The Labute approximate surface area is 175 Å². The van der Waals surface area contributed by atoms with E-state index >= 15 is 0 Å². The molecule has 0 amide bonds. The predicted molar refractivity (Wildman–Crippen MR) is 122 cm³/mol. The highest BCUT2D eigenvalue weighted by Gasteiger charge is 2.24. The first kappa shape index (κ1) is 18.1. The van der Waals surface area contributed by atoms with Crippen LogP contribution in [0.4, 0.5) is 5.69 Å². The van der Waals surface area contributed by atoms with Crippen LogP contribution in [0.25, 0.3) is 49.2 Å². The summed E-state index contributed by atoms with van der Waals surface area (Å²) in [6.07, 6.45) is 2.04. The highest BCUT2D eigenvalue weighted by Crippen LogP contribution is 2.45. The Balaban J connectivity index is 2.02. The SMILES string of the molecule is [C-]#[N+]c1c(C)ccc2c1oc1c(-c3cccc[n+]3C)c(C)cc(-c3ccccc3)c12. The molecule has 0 bridgehead atoms. The normalized spacial score (nSPS) is 11.1. The second kappa shape index (κ2) is 6.86. The first-order valence-corrected chi connectivity index (χ1v) is 9.97. The van der Waals surface area contributed by atoms with Crippen LogP contribution in [0.3, 0.4) is 0 Å². The average molecular weight is 389 g/mol. The molecule has 0 fully saturated rings. The van der Waals surface area contributed by atoms with Gasteiger partial charge in [-0.3, -0.25) is 0 Å². The zero-order valence-electron chi connectivity index (χ0n) is 17.2. The molecule has 30 heavy (non-hydrogen) atoms. The van der Waals surface area contributed by atoms with Crippen LogP contribution < -0.4 is 4.57 Å². The van der Waals surface area contributed by atoms with Crippen LogP contribution in [-0.2, 0) is 7.05 Å². The Morgan fingerprint density at radius 1 is 0.867 bits per heavy atom. The lowest BCUT2D eigenvalue weighted by Crippen LogP contribution is -2.30. The van der Waals surface area contributed by atoms with E-state index in [0.717, 1.165) is 49.9 Å². The van der Waals surface area contributed by atoms with Crippen molar-refractivity contribution in [2.24, 2.45) is 7.05 Å². The number of aryl methyl sites for hydroxylation is 3. The minimum Gasteiger partial charge on any atom is -0.466 e. The summed E-state index contributed by atoms with van der Waals surface area (Å²) in [4.78, 5) is 3.79. The van der Waals surface area contributed by atoms with Crippen LogP contribution in [0.5, 0.6) is 0 Å². The van der Waals surface area contributed by atoms with Gasteiger partial charge in [0.25, 0.3) is 0 Å². The van der Waals surface area contributed by atoms with Crippen LogP contribution in [0.2, 0.25) is 0 Å². The highest BCUT2D eigenvalue weighted by molar-refractivity contribution is 6.18. The lowest BCUT2D eigenvalue weighted by molar-refractivity contribution is -0.660. The van der Waals surface area contributed by atoms with Crippen molar-refractivity contribution in [1.29, 1.82) is 0 Å². The van der Waals surface area contributed by atoms with Gasteiger partial charge in [0.1, 0.15) is 18.2 Å². The van der Waals surface area contributed by atoms with E-state index < -0.39 is 0 Å². The monoisotopic (exact) mass is 389 g/mol. The summed E-state index contributed by atoms with van der Waals surface area (Å²) < 4.78 is 8.62. The minimum absolute atomic E-state index is 0.587. The number of fused-ring (bicyclic) bond motifs is 3. The van der Waals surface area contributed by atoms with Crippen molar-refractivity contribution in [3.8, 4) is 22.4 Å². The summed E-state index contributed by atoms with van der Waals surface area (Å²) in [5, 5.41) is 2.05. The Kier molecular flexibility index (Phi) is 4.15. The number of furan rings is 1. The molecule has 3 aromatic carbocycles. The summed E-state index contributed by atoms with van der Waals surface area (Å²) in [6, 6.07) is 22.9. The third-order valence-corrected chi connectivity index (χ3v) is 5.79. The molecule has 5 aromatic rings. The molecule has 2 heterocycles. The fraction of sp³-hybridized carbons (Fsp3) is 0.111. The first-order chi connectivity index (χ1) is 14.6. The lowest BCUT2D eigenvalue weighted by atomic mass is 9.92. The molecular weight excluding hydrogens is 368 g/mol.